The van der Waals surface area contributed by atoms with Gasteiger partial charge in [-0.1, -0.05) is 15.9 Å². The minimum atomic E-state index is 0.961. The Morgan fingerprint density at radius 2 is 2.50 bits per heavy atom. The lowest BCUT2D eigenvalue weighted by Gasteiger charge is -1.90. The van der Waals surface area contributed by atoms with Crippen molar-refractivity contribution in [1.82, 2.24) is 9.78 Å². The summed E-state index contributed by atoms with van der Waals surface area (Å²) in [6, 6.07) is 0. The molecule has 0 amide bonds. The molecule has 0 aromatic carbocycles. The first-order chi connectivity index (χ1) is 4.86. The van der Waals surface area contributed by atoms with Crippen LogP contribution < -0.4 is 0 Å². The maximum Gasteiger partial charge on any atom is 0.0522 e. The highest BCUT2D eigenvalue weighted by molar-refractivity contribution is 9.09. The second-order valence-corrected chi connectivity index (χ2v) is 2.94. The number of halogens is 1. The van der Waals surface area contributed by atoms with Crippen molar-refractivity contribution in [1.29, 1.82) is 0 Å². The molecule has 0 aliphatic rings. The molecule has 0 saturated carbocycles. The molecule has 2 nitrogen and oxygen atoms in total. The fourth-order valence-electron chi connectivity index (χ4n) is 0.818. The normalized spacial score (nSPS) is 10.2. The van der Waals surface area contributed by atoms with Gasteiger partial charge in [0.15, 0.2) is 0 Å². The Kier molecular flexibility index (Phi) is 2.93. The van der Waals surface area contributed by atoms with E-state index in [0.29, 0.717) is 0 Å². The van der Waals surface area contributed by atoms with Crippen LogP contribution in [0.2, 0.25) is 0 Å². The van der Waals surface area contributed by atoms with E-state index in [-0.39, 0.29) is 0 Å². The Bertz CT molecular complexity index is 195. The molecule has 0 radical (unpaired) electrons. The Morgan fingerprint density at radius 3 is 3.00 bits per heavy atom. The van der Waals surface area contributed by atoms with Crippen molar-refractivity contribution in [3.63, 3.8) is 0 Å². The molecule has 0 N–H and O–H groups in total. The van der Waals surface area contributed by atoms with Crippen molar-refractivity contribution in [2.75, 3.05) is 5.33 Å². The lowest BCUT2D eigenvalue weighted by Crippen LogP contribution is -1.92. The van der Waals surface area contributed by atoms with Crippen molar-refractivity contribution in [3.8, 4) is 0 Å². The van der Waals surface area contributed by atoms with E-state index in [1.54, 1.807) is 0 Å². The first kappa shape index (κ1) is 7.79. The minimum Gasteiger partial charge on any atom is -0.273 e. The van der Waals surface area contributed by atoms with E-state index in [2.05, 4.69) is 34.1 Å². The molecule has 1 rings (SSSR count). The predicted octanol–water partition coefficient (Wildman–Crippen LogP) is 1.84. The van der Waals surface area contributed by atoms with Crippen LogP contribution in [0.1, 0.15) is 12.5 Å². The molecule has 0 aliphatic heterocycles. The Labute approximate surface area is 69.4 Å². The highest BCUT2D eigenvalue weighted by atomic mass is 79.9. The van der Waals surface area contributed by atoms with Gasteiger partial charge in [-0.3, -0.25) is 4.68 Å². The molecular weight excluding hydrogens is 192 g/mol. The van der Waals surface area contributed by atoms with E-state index < -0.39 is 0 Å². The number of hydrogen-bond acceptors (Lipinski definition) is 1. The number of nitrogens with zero attached hydrogens (tertiary/aromatic N) is 2. The van der Waals surface area contributed by atoms with Crippen LogP contribution in [0.3, 0.4) is 0 Å². The average molecular weight is 203 g/mol. The lowest BCUT2D eigenvalue weighted by atomic mass is 10.3. The third kappa shape index (κ3) is 1.84. The third-order valence-electron chi connectivity index (χ3n) is 1.39. The van der Waals surface area contributed by atoms with Crippen LogP contribution in [0.4, 0.5) is 0 Å². The van der Waals surface area contributed by atoms with E-state index in [0.717, 1.165) is 18.3 Å². The number of alkyl halides is 1. The molecule has 0 spiro atoms. The van der Waals surface area contributed by atoms with Gasteiger partial charge in [-0.15, -0.1) is 0 Å². The Hall–Kier alpha value is -0.310. The van der Waals surface area contributed by atoms with Crippen molar-refractivity contribution in [3.05, 3.63) is 18.0 Å². The van der Waals surface area contributed by atoms with Gasteiger partial charge in [0.2, 0.25) is 0 Å². The van der Waals surface area contributed by atoms with Gasteiger partial charge in [0.25, 0.3) is 0 Å². The van der Waals surface area contributed by atoms with E-state index in [1.165, 1.54) is 5.56 Å². The van der Waals surface area contributed by atoms with Crippen molar-refractivity contribution < 1.29 is 0 Å². The molecule has 0 atom stereocenters. The standard InChI is InChI=1S/C7H11BrN2/c1-2-10-6-7(3-4-8)5-9-10/h5-6H,2-4H2,1H3. The summed E-state index contributed by atoms with van der Waals surface area (Å²) in [7, 11) is 0. The fraction of sp³-hybridized carbons (Fsp3) is 0.571. The number of rotatable bonds is 3. The second kappa shape index (κ2) is 3.76. The van der Waals surface area contributed by atoms with E-state index >= 15 is 0 Å². The van der Waals surface area contributed by atoms with Gasteiger partial charge in [0.05, 0.1) is 6.20 Å². The largest absolute Gasteiger partial charge is 0.273 e. The van der Waals surface area contributed by atoms with Crippen LogP contribution in [-0.4, -0.2) is 15.1 Å². The summed E-state index contributed by atoms with van der Waals surface area (Å²) < 4.78 is 1.94. The first-order valence-electron chi connectivity index (χ1n) is 3.44. The van der Waals surface area contributed by atoms with Gasteiger partial charge < -0.3 is 0 Å². The van der Waals surface area contributed by atoms with Crippen molar-refractivity contribution in [2.24, 2.45) is 0 Å². The smallest absolute Gasteiger partial charge is 0.0522 e. The fourth-order valence-corrected chi connectivity index (χ4v) is 1.28. The molecular formula is C7H11BrN2. The van der Waals surface area contributed by atoms with Crippen molar-refractivity contribution >= 4 is 15.9 Å². The predicted molar refractivity (Wildman–Crippen MR) is 45.4 cm³/mol. The maximum atomic E-state index is 4.15. The monoisotopic (exact) mass is 202 g/mol. The van der Waals surface area contributed by atoms with E-state index in [4.69, 9.17) is 0 Å². The molecule has 0 fully saturated rings. The van der Waals surface area contributed by atoms with Crippen LogP contribution in [0.25, 0.3) is 0 Å². The topological polar surface area (TPSA) is 17.8 Å². The molecule has 1 heterocycles. The summed E-state index contributed by atoms with van der Waals surface area (Å²) >= 11 is 3.38. The van der Waals surface area contributed by atoms with Gasteiger partial charge in [-0.2, -0.15) is 5.10 Å². The Balaban J connectivity index is 2.59. The first-order valence-corrected chi connectivity index (χ1v) is 4.56. The van der Waals surface area contributed by atoms with Crippen LogP contribution in [-0.2, 0) is 13.0 Å². The quantitative estimate of drug-likeness (QED) is 0.685. The van der Waals surface area contributed by atoms with Gasteiger partial charge in [-0.05, 0) is 18.9 Å². The molecule has 0 bridgehead atoms. The molecule has 1 aromatic heterocycles. The third-order valence-corrected chi connectivity index (χ3v) is 1.79. The van der Waals surface area contributed by atoms with Gasteiger partial charge in [-0.25, -0.2) is 0 Å². The molecule has 0 unspecified atom stereocenters. The summed E-state index contributed by atoms with van der Waals surface area (Å²) in [5.41, 5.74) is 1.30. The molecule has 0 aliphatic carbocycles. The zero-order valence-electron chi connectivity index (χ0n) is 6.05. The Morgan fingerprint density at radius 1 is 1.70 bits per heavy atom. The summed E-state index contributed by atoms with van der Waals surface area (Å²) in [6.07, 6.45) is 5.08. The number of aryl methyl sites for hydroxylation is 2. The highest BCUT2D eigenvalue weighted by Gasteiger charge is 1.93. The SMILES string of the molecule is CCn1cc(CCBr)cn1. The second-order valence-electron chi connectivity index (χ2n) is 2.14. The van der Waals surface area contributed by atoms with E-state index in [9.17, 15) is 0 Å². The summed E-state index contributed by atoms with van der Waals surface area (Å²) in [4.78, 5) is 0. The lowest BCUT2D eigenvalue weighted by molar-refractivity contribution is 0.659. The zero-order valence-corrected chi connectivity index (χ0v) is 7.63. The molecule has 10 heavy (non-hydrogen) atoms. The highest BCUT2D eigenvalue weighted by Crippen LogP contribution is 2.00. The van der Waals surface area contributed by atoms with Gasteiger partial charge in [0, 0.05) is 18.1 Å². The average Bonchev–Trinajstić information content (AvgIpc) is 2.37. The van der Waals surface area contributed by atoms with Crippen LogP contribution >= 0.6 is 15.9 Å². The number of hydrogen-bond donors (Lipinski definition) is 0. The van der Waals surface area contributed by atoms with Gasteiger partial charge >= 0.3 is 0 Å². The minimum absolute atomic E-state index is 0.961. The van der Waals surface area contributed by atoms with Crippen LogP contribution in [0, 0.1) is 0 Å². The summed E-state index contributed by atoms with van der Waals surface area (Å²) in [5, 5.41) is 5.17. The molecule has 3 heteroatoms. The van der Waals surface area contributed by atoms with E-state index in [1.807, 2.05) is 10.9 Å². The maximum absolute atomic E-state index is 4.15. The summed E-state index contributed by atoms with van der Waals surface area (Å²) in [5.74, 6) is 0. The molecule has 56 valence electrons. The molecule has 0 saturated heterocycles. The summed E-state index contributed by atoms with van der Waals surface area (Å²) in [6.45, 7) is 3.05. The zero-order chi connectivity index (χ0) is 7.40. The van der Waals surface area contributed by atoms with Crippen LogP contribution in [0.5, 0.6) is 0 Å². The van der Waals surface area contributed by atoms with Gasteiger partial charge in [0.1, 0.15) is 0 Å². The van der Waals surface area contributed by atoms with Crippen LogP contribution in [0.15, 0.2) is 12.4 Å². The van der Waals surface area contributed by atoms with Crippen molar-refractivity contribution in [2.45, 2.75) is 19.9 Å². The number of aromatic nitrogens is 2. The molecule has 1 aromatic rings.